The Morgan fingerprint density at radius 3 is 1.00 bits per heavy atom. The third kappa shape index (κ3) is 5.27. The predicted octanol–water partition coefficient (Wildman–Crippen LogP) is 11.8. The van der Waals surface area contributed by atoms with Crippen LogP contribution in [0.3, 0.4) is 0 Å². The van der Waals surface area contributed by atoms with Gasteiger partial charge < -0.3 is 9.97 Å². The lowest BCUT2D eigenvalue weighted by Crippen LogP contribution is -2.23. The number of rotatable bonds is 4. The van der Waals surface area contributed by atoms with Crippen LogP contribution in [-0.4, -0.2) is 19.9 Å². The maximum absolute atomic E-state index is 5.56. The highest BCUT2D eigenvalue weighted by molar-refractivity contribution is 5.86. The summed E-state index contributed by atoms with van der Waals surface area (Å²) in [6, 6.07) is 9.10. The molecule has 8 bridgehead atoms. The normalized spacial score (nSPS) is 28.4. The van der Waals surface area contributed by atoms with Crippen LogP contribution in [0.2, 0.25) is 0 Å². The minimum Gasteiger partial charge on any atom is -0.355 e. The molecular formula is C48H46N4. The van der Waals surface area contributed by atoms with Gasteiger partial charge in [-0.05, 0) is 74.3 Å². The molecule has 4 nitrogen and oxygen atoms in total. The molecule has 3 aromatic rings. The SMILES string of the molecule is CC1(c2c3nc(c(C4(C)C=CC=CC4)c4ccc([nH]4)c(C4(C)C=CC=CC4)c4ccc([nH]4)c(C4(C)C=CC=CC4)c4nc2C=C4)C=C3)C=CC=CC1. The maximum atomic E-state index is 5.56. The Kier molecular flexibility index (Phi) is 7.52. The van der Waals surface area contributed by atoms with Gasteiger partial charge in [0.2, 0.25) is 0 Å². The van der Waals surface area contributed by atoms with E-state index in [1.54, 1.807) is 0 Å². The zero-order valence-electron chi connectivity index (χ0n) is 30.6. The van der Waals surface area contributed by atoms with Crippen LogP contribution < -0.4 is 0 Å². The monoisotopic (exact) mass is 678 g/mol. The van der Waals surface area contributed by atoms with Gasteiger partial charge in [-0.25, -0.2) is 9.97 Å². The second-order valence-electron chi connectivity index (χ2n) is 16.1. The zero-order chi connectivity index (χ0) is 35.6. The standard InChI is InChI=1S/C48H46N4/c1-45(25-9-5-10-26-45)41-33-17-19-35(49-33)42(46(2)27-11-6-12-28-46)37-21-23-39(51-37)44(48(4)31-15-8-16-32-48)40-24-22-38(52-40)43(36-20-18-34(41)50-36)47(3)29-13-7-14-30-47/h5-25,27,29,31,49-50H,26,28,30,32H2,1-4H3. The summed E-state index contributed by atoms with van der Waals surface area (Å²) in [5, 5.41) is 0. The molecule has 4 heteroatoms. The molecule has 52 heavy (non-hydrogen) atoms. The Hall–Kier alpha value is -5.48. The summed E-state index contributed by atoms with van der Waals surface area (Å²) in [4.78, 5) is 19.1. The van der Waals surface area contributed by atoms with E-state index in [0.717, 1.165) is 76.1 Å². The van der Waals surface area contributed by atoms with E-state index < -0.39 is 0 Å². The third-order valence-electron chi connectivity index (χ3n) is 12.1. The van der Waals surface area contributed by atoms with Gasteiger partial charge in [0.15, 0.2) is 0 Å². The van der Waals surface area contributed by atoms with E-state index in [1.165, 1.54) is 16.7 Å². The first-order chi connectivity index (χ1) is 25.2. The van der Waals surface area contributed by atoms with Gasteiger partial charge in [0, 0.05) is 66.0 Å². The molecule has 5 heterocycles. The Morgan fingerprint density at radius 1 is 0.385 bits per heavy atom. The molecule has 258 valence electrons. The van der Waals surface area contributed by atoms with Crippen LogP contribution in [0.15, 0.2) is 121 Å². The summed E-state index contributed by atoms with van der Waals surface area (Å²) in [5.41, 5.74) is 12.2. The lowest BCUT2D eigenvalue weighted by Gasteiger charge is -2.29. The van der Waals surface area contributed by atoms with E-state index in [4.69, 9.17) is 9.97 Å². The second kappa shape index (κ2) is 12.1. The zero-order valence-corrected chi connectivity index (χ0v) is 30.6. The quantitative estimate of drug-likeness (QED) is 0.199. The van der Waals surface area contributed by atoms with Crippen molar-refractivity contribution in [2.75, 3.05) is 0 Å². The van der Waals surface area contributed by atoms with E-state index in [2.05, 4.69) is 183 Å². The summed E-state index contributed by atoms with van der Waals surface area (Å²) in [6.45, 7) is 9.36. The van der Waals surface area contributed by atoms with E-state index in [-0.39, 0.29) is 21.7 Å². The van der Waals surface area contributed by atoms with Gasteiger partial charge >= 0.3 is 0 Å². The molecule has 2 N–H and O–H groups in total. The number of nitrogens with zero attached hydrogens (tertiary/aromatic N) is 2. The first kappa shape index (κ1) is 32.4. The molecule has 0 radical (unpaired) electrons. The van der Waals surface area contributed by atoms with Gasteiger partial charge in [0.25, 0.3) is 0 Å². The molecule has 0 amide bonds. The van der Waals surface area contributed by atoms with Gasteiger partial charge in [-0.2, -0.15) is 0 Å². The number of aromatic nitrogens is 4. The van der Waals surface area contributed by atoms with Crippen LogP contribution in [0.25, 0.3) is 46.4 Å². The van der Waals surface area contributed by atoms with Crippen LogP contribution in [0.5, 0.6) is 0 Å². The average Bonchev–Trinajstić information content (AvgIpc) is 3.97. The summed E-state index contributed by atoms with van der Waals surface area (Å²) in [7, 11) is 0. The van der Waals surface area contributed by atoms with Crippen molar-refractivity contribution >= 4 is 46.4 Å². The fraction of sp³-hybridized carbons (Fsp3) is 0.250. The highest BCUT2D eigenvalue weighted by atomic mass is 14.8. The van der Waals surface area contributed by atoms with Crippen LogP contribution in [0.4, 0.5) is 0 Å². The van der Waals surface area contributed by atoms with Gasteiger partial charge in [-0.15, -0.1) is 0 Å². The van der Waals surface area contributed by atoms with Crippen molar-refractivity contribution in [3.05, 3.63) is 167 Å². The Balaban J connectivity index is 1.46. The topological polar surface area (TPSA) is 57.4 Å². The van der Waals surface area contributed by atoms with Crippen molar-refractivity contribution in [1.82, 2.24) is 19.9 Å². The molecule has 6 aliphatic rings. The van der Waals surface area contributed by atoms with Crippen molar-refractivity contribution < 1.29 is 0 Å². The van der Waals surface area contributed by atoms with Crippen LogP contribution >= 0.6 is 0 Å². The summed E-state index contributed by atoms with van der Waals surface area (Å²) in [5.74, 6) is 0. The largest absolute Gasteiger partial charge is 0.355 e. The molecule has 0 fully saturated rings. The van der Waals surface area contributed by atoms with E-state index in [0.29, 0.717) is 0 Å². The lowest BCUT2D eigenvalue weighted by atomic mass is 9.76. The summed E-state index contributed by atoms with van der Waals surface area (Å²) >= 11 is 0. The van der Waals surface area contributed by atoms with Gasteiger partial charge in [0.1, 0.15) is 0 Å². The number of fused-ring (bicyclic) bond motifs is 8. The number of hydrogen-bond donors (Lipinski definition) is 2. The van der Waals surface area contributed by atoms with Crippen LogP contribution in [0.1, 0.15) is 98.4 Å². The molecule has 0 spiro atoms. The lowest BCUT2D eigenvalue weighted by molar-refractivity contribution is 0.590. The van der Waals surface area contributed by atoms with Crippen molar-refractivity contribution in [2.24, 2.45) is 0 Å². The number of hydrogen-bond acceptors (Lipinski definition) is 2. The van der Waals surface area contributed by atoms with E-state index in [1.807, 2.05) is 0 Å². The molecule has 9 rings (SSSR count). The Labute approximate surface area is 306 Å². The average molecular weight is 679 g/mol. The second-order valence-corrected chi connectivity index (χ2v) is 16.1. The fourth-order valence-corrected chi connectivity index (χ4v) is 9.26. The highest BCUT2D eigenvalue weighted by Gasteiger charge is 2.35. The first-order valence-electron chi connectivity index (χ1n) is 18.7. The molecule has 3 aromatic heterocycles. The maximum Gasteiger partial charge on any atom is 0.0700 e. The highest BCUT2D eigenvalue weighted by Crippen LogP contribution is 2.44. The van der Waals surface area contributed by atoms with Crippen molar-refractivity contribution in [3.63, 3.8) is 0 Å². The van der Waals surface area contributed by atoms with Crippen LogP contribution in [-0.2, 0) is 21.7 Å². The summed E-state index contributed by atoms with van der Waals surface area (Å²) in [6.07, 6.45) is 48.3. The van der Waals surface area contributed by atoms with Gasteiger partial charge in [-0.1, -0.05) is 125 Å². The Bertz CT molecular complexity index is 2350. The molecule has 0 saturated heterocycles. The smallest absolute Gasteiger partial charge is 0.0700 e. The number of allylic oxidation sites excluding steroid dienone is 16. The van der Waals surface area contributed by atoms with Crippen LogP contribution in [0, 0.1) is 0 Å². The number of aromatic amines is 2. The van der Waals surface area contributed by atoms with Gasteiger partial charge in [0.05, 0.1) is 22.8 Å². The first-order valence-corrected chi connectivity index (χ1v) is 18.7. The van der Waals surface area contributed by atoms with Gasteiger partial charge in [-0.3, -0.25) is 0 Å². The predicted molar refractivity (Wildman–Crippen MR) is 220 cm³/mol. The number of nitrogens with one attached hydrogen (secondary N) is 2. The Morgan fingerprint density at radius 2 is 0.673 bits per heavy atom. The molecule has 0 aromatic carbocycles. The molecule has 4 atom stereocenters. The minimum atomic E-state index is -0.271. The molecule has 2 aliphatic heterocycles. The summed E-state index contributed by atoms with van der Waals surface area (Å²) < 4.78 is 0. The van der Waals surface area contributed by atoms with Crippen molar-refractivity contribution in [2.45, 2.75) is 75.0 Å². The molecule has 0 saturated carbocycles. The molecule has 4 unspecified atom stereocenters. The van der Waals surface area contributed by atoms with E-state index >= 15 is 0 Å². The molecular weight excluding hydrogens is 633 g/mol. The minimum absolute atomic E-state index is 0.224. The molecule has 4 aliphatic carbocycles. The number of H-pyrrole nitrogens is 2. The van der Waals surface area contributed by atoms with Crippen molar-refractivity contribution in [3.8, 4) is 0 Å². The van der Waals surface area contributed by atoms with E-state index in [9.17, 15) is 0 Å². The fourth-order valence-electron chi connectivity index (χ4n) is 9.26. The third-order valence-corrected chi connectivity index (χ3v) is 12.1. The van der Waals surface area contributed by atoms with Crippen molar-refractivity contribution in [1.29, 1.82) is 0 Å².